The Morgan fingerprint density at radius 3 is 2.49 bits per heavy atom. The van der Waals surface area contributed by atoms with Crippen LogP contribution >= 0.6 is 35.0 Å². The number of nitrogens with zero attached hydrogens (tertiary/aromatic N) is 3. The molecule has 0 bridgehead atoms. The number of aromatic nitrogens is 3. The molecule has 3 aromatic carbocycles. The summed E-state index contributed by atoms with van der Waals surface area (Å²) in [5.41, 5.74) is 1.97. The number of ether oxygens (including phenoxy) is 1. The van der Waals surface area contributed by atoms with Gasteiger partial charge in [0.25, 0.3) is 10.0 Å². The SMILES string of the molecule is COc1ccccc1NS(=O)(=O)c1cccc(-c2nnc(SCc3ccc(Cl)cc3Cl)n2[C@H](C)CCCC(C)C)c1. The third-order valence-corrected chi connectivity index (χ3v) is 9.58. The van der Waals surface area contributed by atoms with E-state index < -0.39 is 10.0 Å². The number of hydrogen-bond acceptors (Lipinski definition) is 6. The number of halogens is 2. The Balaban J connectivity index is 1.67. The summed E-state index contributed by atoms with van der Waals surface area (Å²) in [4.78, 5) is 0.116. The van der Waals surface area contributed by atoms with Crippen molar-refractivity contribution in [3.8, 4) is 17.1 Å². The van der Waals surface area contributed by atoms with Crippen LogP contribution in [0, 0.1) is 5.92 Å². The van der Waals surface area contributed by atoms with Crippen molar-refractivity contribution in [3.05, 3.63) is 82.3 Å². The minimum absolute atomic E-state index is 0.0916. The predicted molar refractivity (Wildman–Crippen MR) is 169 cm³/mol. The number of anilines is 1. The molecular formula is C30H34Cl2N4O3S2. The van der Waals surface area contributed by atoms with Crippen LogP contribution in [-0.4, -0.2) is 30.3 Å². The van der Waals surface area contributed by atoms with E-state index in [0.717, 1.165) is 30.0 Å². The number of para-hydroxylation sites is 2. The molecule has 0 saturated heterocycles. The summed E-state index contributed by atoms with van der Waals surface area (Å²) in [5, 5.41) is 11.0. The van der Waals surface area contributed by atoms with E-state index in [1.165, 1.54) is 18.9 Å². The van der Waals surface area contributed by atoms with Crippen LogP contribution in [0.3, 0.4) is 0 Å². The highest BCUT2D eigenvalue weighted by atomic mass is 35.5. The lowest BCUT2D eigenvalue weighted by molar-refractivity contribution is 0.417. The highest BCUT2D eigenvalue weighted by Gasteiger charge is 2.22. The van der Waals surface area contributed by atoms with E-state index in [4.69, 9.17) is 27.9 Å². The van der Waals surface area contributed by atoms with Crippen LogP contribution in [0.25, 0.3) is 11.4 Å². The molecule has 1 atom stereocenters. The number of nitrogens with one attached hydrogen (secondary N) is 1. The molecule has 0 spiro atoms. The second-order valence-corrected chi connectivity index (χ2v) is 13.7. The van der Waals surface area contributed by atoms with Crippen molar-refractivity contribution in [2.45, 2.75) is 61.9 Å². The maximum Gasteiger partial charge on any atom is 0.262 e. The molecule has 1 N–H and O–H groups in total. The van der Waals surface area contributed by atoms with Gasteiger partial charge in [-0.1, -0.05) is 92.0 Å². The Bertz CT molecular complexity index is 1590. The molecule has 218 valence electrons. The first-order valence-electron chi connectivity index (χ1n) is 13.4. The fourth-order valence-corrected chi connectivity index (χ4v) is 7.15. The molecule has 11 heteroatoms. The lowest BCUT2D eigenvalue weighted by Crippen LogP contribution is -2.14. The van der Waals surface area contributed by atoms with Gasteiger partial charge in [0.05, 0.1) is 17.7 Å². The fraction of sp³-hybridized carbons (Fsp3) is 0.333. The monoisotopic (exact) mass is 632 g/mol. The summed E-state index contributed by atoms with van der Waals surface area (Å²) in [5.74, 6) is 2.25. The van der Waals surface area contributed by atoms with Crippen LogP contribution in [-0.2, 0) is 15.8 Å². The Kier molecular flexibility index (Phi) is 10.6. The largest absolute Gasteiger partial charge is 0.495 e. The molecule has 0 aliphatic heterocycles. The Morgan fingerprint density at radius 2 is 1.76 bits per heavy atom. The topological polar surface area (TPSA) is 86.1 Å². The van der Waals surface area contributed by atoms with Crippen molar-refractivity contribution < 1.29 is 13.2 Å². The van der Waals surface area contributed by atoms with Crippen molar-refractivity contribution in [1.82, 2.24) is 14.8 Å². The molecule has 7 nitrogen and oxygen atoms in total. The van der Waals surface area contributed by atoms with Gasteiger partial charge in [-0.2, -0.15) is 0 Å². The van der Waals surface area contributed by atoms with E-state index >= 15 is 0 Å². The third-order valence-electron chi connectivity index (χ3n) is 6.63. The third kappa shape index (κ3) is 7.97. The van der Waals surface area contributed by atoms with Gasteiger partial charge in [0.2, 0.25) is 0 Å². The molecule has 0 fully saturated rings. The van der Waals surface area contributed by atoms with Crippen LogP contribution in [0.15, 0.2) is 76.8 Å². The molecule has 4 rings (SSSR count). The Labute approximate surface area is 256 Å². The second-order valence-electron chi connectivity index (χ2n) is 10.2. The van der Waals surface area contributed by atoms with Crippen molar-refractivity contribution >= 4 is 50.7 Å². The van der Waals surface area contributed by atoms with E-state index in [2.05, 4.69) is 40.3 Å². The number of thioether (sulfide) groups is 1. The van der Waals surface area contributed by atoms with Crippen molar-refractivity contribution in [2.75, 3.05) is 11.8 Å². The number of hydrogen-bond donors (Lipinski definition) is 1. The summed E-state index contributed by atoms with van der Waals surface area (Å²) < 4.78 is 36.8. The molecule has 1 heterocycles. The zero-order chi connectivity index (χ0) is 29.6. The first kappa shape index (κ1) is 31.2. The van der Waals surface area contributed by atoms with Gasteiger partial charge in [0, 0.05) is 27.4 Å². The van der Waals surface area contributed by atoms with Crippen LogP contribution in [0.5, 0.6) is 5.75 Å². The maximum absolute atomic E-state index is 13.4. The Hall–Kier alpha value is -2.72. The summed E-state index contributed by atoms with van der Waals surface area (Å²) >= 11 is 14.0. The van der Waals surface area contributed by atoms with Gasteiger partial charge in [-0.05, 0) is 61.2 Å². The van der Waals surface area contributed by atoms with E-state index in [9.17, 15) is 8.42 Å². The van der Waals surface area contributed by atoms with Gasteiger partial charge >= 0.3 is 0 Å². The molecule has 0 radical (unpaired) electrons. The predicted octanol–water partition coefficient (Wildman–Crippen LogP) is 8.74. The van der Waals surface area contributed by atoms with Crippen molar-refractivity contribution in [2.24, 2.45) is 5.92 Å². The van der Waals surface area contributed by atoms with Crippen LogP contribution in [0.1, 0.15) is 51.6 Å². The standard InChI is InChI=1S/C30H34Cl2N4O3S2/c1-20(2)9-7-10-21(3)36-29(33-34-30(36)40-19-23-15-16-24(31)18-26(23)32)22-11-8-12-25(17-22)41(37,38)35-27-13-5-6-14-28(27)39-4/h5-6,8,11-18,20-21,35H,7,9-10,19H2,1-4H3/t21-/m1/s1. The molecular weight excluding hydrogens is 599 g/mol. The van der Waals surface area contributed by atoms with Gasteiger partial charge < -0.3 is 4.74 Å². The lowest BCUT2D eigenvalue weighted by atomic mass is 10.0. The minimum Gasteiger partial charge on any atom is -0.495 e. The van der Waals surface area contributed by atoms with Crippen molar-refractivity contribution in [3.63, 3.8) is 0 Å². The van der Waals surface area contributed by atoms with Crippen molar-refractivity contribution in [1.29, 1.82) is 0 Å². The van der Waals surface area contributed by atoms with Gasteiger partial charge in [-0.3, -0.25) is 9.29 Å². The molecule has 41 heavy (non-hydrogen) atoms. The lowest BCUT2D eigenvalue weighted by Gasteiger charge is -2.19. The van der Waals surface area contributed by atoms with Crippen LogP contribution in [0.2, 0.25) is 10.0 Å². The molecule has 0 saturated carbocycles. The average molecular weight is 634 g/mol. The highest BCUT2D eigenvalue weighted by molar-refractivity contribution is 7.98. The van der Waals surface area contributed by atoms with Gasteiger partial charge in [0.1, 0.15) is 5.75 Å². The first-order chi connectivity index (χ1) is 19.6. The van der Waals surface area contributed by atoms with E-state index in [1.807, 2.05) is 18.2 Å². The number of methoxy groups -OCH3 is 1. The summed E-state index contributed by atoms with van der Waals surface area (Å²) in [6.45, 7) is 6.59. The highest BCUT2D eigenvalue weighted by Crippen LogP contribution is 2.34. The summed E-state index contributed by atoms with van der Waals surface area (Å²) in [7, 11) is -2.40. The fourth-order valence-electron chi connectivity index (χ4n) is 4.44. The second kappa shape index (κ2) is 14.0. The van der Waals surface area contributed by atoms with E-state index in [0.29, 0.717) is 44.5 Å². The zero-order valence-electron chi connectivity index (χ0n) is 23.5. The number of benzene rings is 3. The minimum atomic E-state index is -3.90. The molecule has 0 aliphatic carbocycles. The quantitative estimate of drug-likeness (QED) is 0.148. The maximum atomic E-state index is 13.4. The molecule has 0 unspecified atom stereocenters. The Morgan fingerprint density at radius 1 is 0.976 bits per heavy atom. The number of rotatable bonds is 13. The van der Waals surface area contributed by atoms with Crippen LogP contribution in [0.4, 0.5) is 5.69 Å². The smallest absolute Gasteiger partial charge is 0.262 e. The van der Waals surface area contributed by atoms with Gasteiger partial charge in [-0.25, -0.2) is 8.42 Å². The van der Waals surface area contributed by atoms with Gasteiger partial charge in [0.15, 0.2) is 11.0 Å². The molecule has 0 aliphatic rings. The zero-order valence-corrected chi connectivity index (χ0v) is 26.6. The first-order valence-corrected chi connectivity index (χ1v) is 16.6. The molecule has 0 amide bonds. The molecule has 4 aromatic rings. The van der Waals surface area contributed by atoms with Gasteiger partial charge in [-0.15, -0.1) is 10.2 Å². The van der Waals surface area contributed by atoms with Crippen LogP contribution < -0.4 is 9.46 Å². The summed E-state index contributed by atoms with van der Waals surface area (Å²) in [6, 6.07) is 19.2. The summed E-state index contributed by atoms with van der Waals surface area (Å²) in [6.07, 6.45) is 3.11. The average Bonchev–Trinajstić information content (AvgIpc) is 3.36. The van der Waals surface area contributed by atoms with E-state index in [-0.39, 0.29) is 10.9 Å². The van der Waals surface area contributed by atoms with E-state index in [1.54, 1.807) is 48.5 Å². The normalized spacial score (nSPS) is 12.5. The number of sulfonamides is 1. The molecule has 1 aromatic heterocycles.